The number of rotatable bonds is 5. The average Bonchev–Trinajstić information content (AvgIpc) is 3.34. The number of carbonyl (C=O) groups excluding carboxylic acids is 1. The molecule has 0 bridgehead atoms. The minimum absolute atomic E-state index is 0.0806. The third-order valence-electron chi connectivity index (χ3n) is 5.27. The summed E-state index contributed by atoms with van der Waals surface area (Å²) in [7, 11) is 3.66. The van der Waals surface area contributed by atoms with E-state index in [1.807, 2.05) is 45.3 Å². The van der Waals surface area contributed by atoms with Crippen LogP contribution in [0.5, 0.6) is 0 Å². The van der Waals surface area contributed by atoms with Crippen LogP contribution in [-0.2, 0) is 23.7 Å². The monoisotopic (exact) mass is 380 g/mol. The summed E-state index contributed by atoms with van der Waals surface area (Å²) in [5.41, 5.74) is 3.02. The van der Waals surface area contributed by atoms with E-state index in [1.165, 1.54) is 0 Å². The molecule has 8 nitrogen and oxygen atoms in total. The van der Waals surface area contributed by atoms with E-state index in [0.29, 0.717) is 24.5 Å². The number of aromatic nitrogens is 5. The van der Waals surface area contributed by atoms with E-state index in [4.69, 9.17) is 10.1 Å². The van der Waals surface area contributed by atoms with Crippen molar-refractivity contribution in [3.63, 3.8) is 0 Å². The van der Waals surface area contributed by atoms with E-state index in [0.717, 1.165) is 22.5 Å². The Balaban J connectivity index is 1.84. The van der Waals surface area contributed by atoms with E-state index >= 15 is 0 Å². The number of nitrogens with zero attached hydrogens (tertiary/aromatic N) is 6. The standard InChI is InChI=1S/C20H24N6O2/c1-20(2)15-10-13(7-8-16(15)25(4)19(20)28)18-22-17(6-5-9-27)23-26(18)14-11-21-24(3)12-14/h7-8,10-12,27H,5-6,9H2,1-4H3. The van der Waals surface area contributed by atoms with Gasteiger partial charge in [-0.15, -0.1) is 0 Å². The lowest BCUT2D eigenvalue weighted by Crippen LogP contribution is -2.33. The maximum absolute atomic E-state index is 12.6. The molecule has 1 N–H and O–H groups in total. The minimum Gasteiger partial charge on any atom is -0.396 e. The third-order valence-corrected chi connectivity index (χ3v) is 5.27. The number of amides is 1. The Morgan fingerprint density at radius 1 is 1.21 bits per heavy atom. The van der Waals surface area contributed by atoms with Gasteiger partial charge in [0.05, 0.1) is 17.8 Å². The number of likely N-dealkylation sites (N-methyl/N-ethyl adjacent to an activating group) is 1. The second-order valence-corrected chi connectivity index (χ2v) is 7.68. The lowest BCUT2D eigenvalue weighted by Gasteiger charge is -2.16. The second-order valence-electron chi connectivity index (χ2n) is 7.68. The van der Waals surface area contributed by atoms with E-state index < -0.39 is 5.41 Å². The van der Waals surface area contributed by atoms with Gasteiger partial charge in [-0.05, 0) is 44.0 Å². The first-order valence-corrected chi connectivity index (χ1v) is 9.32. The quantitative estimate of drug-likeness (QED) is 0.730. The molecule has 8 heteroatoms. The summed E-state index contributed by atoms with van der Waals surface area (Å²) in [6.07, 6.45) is 4.81. The lowest BCUT2D eigenvalue weighted by atomic mass is 9.85. The Hall–Kier alpha value is -3.00. The highest BCUT2D eigenvalue weighted by molar-refractivity contribution is 6.07. The van der Waals surface area contributed by atoms with E-state index in [-0.39, 0.29) is 12.5 Å². The van der Waals surface area contributed by atoms with Crippen molar-refractivity contribution in [1.29, 1.82) is 0 Å². The lowest BCUT2D eigenvalue weighted by molar-refractivity contribution is -0.121. The molecule has 28 heavy (non-hydrogen) atoms. The van der Waals surface area contributed by atoms with Crippen LogP contribution in [0.4, 0.5) is 5.69 Å². The number of aryl methyl sites for hydroxylation is 2. The molecular formula is C20H24N6O2. The Morgan fingerprint density at radius 3 is 2.68 bits per heavy atom. The molecule has 1 amide bonds. The van der Waals surface area contributed by atoms with Crippen LogP contribution in [0.1, 0.15) is 31.7 Å². The van der Waals surface area contributed by atoms with E-state index in [2.05, 4.69) is 10.2 Å². The SMILES string of the molecule is CN1C(=O)C(C)(C)c2cc(-c3nc(CCCO)nn3-c3cnn(C)c3)ccc21. The summed E-state index contributed by atoms with van der Waals surface area (Å²) in [6.45, 7) is 3.98. The van der Waals surface area contributed by atoms with Crippen molar-refractivity contribution in [2.24, 2.45) is 7.05 Å². The predicted molar refractivity (Wildman–Crippen MR) is 105 cm³/mol. The number of aliphatic hydroxyl groups excluding tert-OH is 1. The Labute approximate surface area is 163 Å². The smallest absolute Gasteiger partial charge is 0.236 e. The molecule has 3 aromatic rings. The Kier molecular flexibility index (Phi) is 4.30. The van der Waals surface area contributed by atoms with Gasteiger partial charge in [0.2, 0.25) is 5.91 Å². The summed E-state index contributed by atoms with van der Waals surface area (Å²) in [6, 6.07) is 5.97. The van der Waals surface area contributed by atoms with Crippen molar-refractivity contribution in [2.75, 3.05) is 18.6 Å². The largest absolute Gasteiger partial charge is 0.396 e. The summed E-state index contributed by atoms with van der Waals surface area (Å²) in [5, 5.41) is 18.0. The molecule has 0 saturated heterocycles. The third kappa shape index (κ3) is 2.80. The Morgan fingerprint density at radius 2 is 2.00 bits per heavy atom. The molecular weight excluding hydrogens is 356 g/mol. The van der Waals surface area contributed by atoms with E-state index in [1.54, 1.807) is 27.5 Å². The summed E-state index contributed by atoms with van der Waals surface area (Å²) >= 11 is 0. The number of aliphatic hydroxyl groups is 1. The van der Waals surface area contributed by atoms with Crippen molar-refractivity contribution >= 4 is 11.6 Å². The van der Waals surface area contributed by atoms with Gasteiger partial charge < -0.3 is 10.0 Å². The molecule has 3 heterocycles. The van der Waals surface area contributed by atoms with Crippen LogP contribution in [0.15, 0.2) is 30.6 Å². The highest BCUT2D eigenvalue weighted by atomic mass is 16.3. The van der Waals surface area contributed by atoms with Gasteiger partial charge in [-0.3, -0.25) is 9.48 Å². The predicted octanol–water partition coefficient (Wildman–Crippen LogP) is 1.85. The molecule has 0 unspecified atom stereocenters. The molecule has 0 radical (unpaired) electrons. The average molecular weight is 380 g/mol. The van der Waals surface area contributed by atoms with Crippen LogP contribution in [0, 0.1) is 0 Å². The maximum atomic E-state index is 12.6. The van der Waals surface area contributed by atoms with Crippen molar-refractivity contribution in [3.05, 3.63) is 42.0 Å². The first-order chi connectivity index (χ1) is 13.3. The minimum atomic E-state index is -0.584. The molecule has 0 saturated carbocycles. The molecule has 0 fully saturated rings. The summed E-state index contributed by atoms with van der Waals surface area (Å²) in [5.74, 6) is 1.44. The number of benzene rings is 1. The normalized spacial score (nSPS) is 15.3. The Bertz CT molecular complexity index is 1050. The zero-order chi connectivity index (χ0) is 20.1. The van der Waals surface area contributed by atoms with Crippen molar-refractivity contribution in [1.82, 2.24) is 24.5 Å². The number of hydrogen-bond acceptors (Lipinski definition) is 5. The van der Waals surface area contributed by atoms with Gasteiger partial charge in [-0.2, -0.15) is 10.2 Å². The molecule has 1 aromatic carbocycles. The van der Waals surface area contributed by atoms with Gasteiger partial charge in [0.1, 0.15) is 5.69 Å². The highest BCUT2D eigenvalue weighted by Gasteiger charge is 2.42. The van der Waals surface area contributed by atoms with Gasteiger partial charge in [-0.1, -0.05) is 0 Å². The first kappa shape index (κ1) is 18.4. The van der Waals surface area contributed by atoms with Crippen LogP contribution < -0.4 is 4.90 Å². The fourth-order valence-electron chi connectivity index (χ4n) is 3.69. The van der Waals surface area contributed by atoms with Crippen LogP contribution >= 0.6 is 0 Å². The number of carbonyl (C=O) groups is 1. The van der Waals surface area contributed by atoms with Crippen molar-refractivity contribution < 1.29 is 9.90 Å². The fourth-order valence-corrected chi connectivity index (χ4v) is 3.69. The van der Waals surface area contributed by atoms with Crippen molar-refractivity contribution in [2.45, 2.75) is 32.1 Å². The van der Waals surface area contributed by atoms with Crippen LogP contribution in [-0.4, -0.2) is 49.2 Å². The fraction of sp³-hybridized carbons (Fsp3) is 0.400. The molecule has 4 rings (SSSR count). The summed E-state index contributed by atoms with van der Waals surface area (Å²) in [4.78, 5) is 19.0. The molecule has 0 atom stereocenters. The van der Waals surface area contributed by atoms with Gasteiger partial charge in [0.25, 0.3) is 0 Å². The topological polar surface area (TPSA) is 89.1 Å². The molecule has 2 aromatic heterocycles. The maximum Gasteiger partial charge on any atom is 0.236 e. The van der Waals surface area contributed by atoms with Crippen LogP contribution in [0.2, 0.25) is 0 Å². The first-order valence-electron chi connectivity index (χ1n) is 9.32. The van der Waals surface area contributed by atoms with Crippen molar-refractivity contribution in [3.8, 4) is 17.1 Å². The van der Waals surface area contributed by atoms with Gasteiger partial charge in [-0.25, -0.2) is 9.67 Å². The molecule has 146 valence electrons. The highest BCUT2D eigenvalue weighted by Crippen LogP contribution is 2.42. The zero-order valence-electron chi connectivity index (χ0n) is 16.5. The number of hydrogen-bond donors (Lipinski definition) is 1. The zero-order valence-corrected chi connectivity index (χ0v) is 16.5. The van der Waals surface area contributed by atoms with Crippen LogP contribution in [0.25, 0.3) is 17.1 Å². The van der Waals surface area contributed by atoms with Gasteiger partial charge >= 0.3 is 0 Å². The van der Waals surface area contributed by atoms with E-state index in [9.17, 15) is 4.79 Å². The van der Waals surface area contributed by atoms with Crippen LogP contribution in [0.3, 0.4) is 0 Å². The summed E-state index contributed by atoms with van der Waals surface area (Å²) < 4.78 is 3.49. The molecule has 0 spiro atoms. The van der Waals surface area contributed by atoms with Gasteiger partial charge in [0, 0.05) is 38.4 Å². The molecule has 1 aliphatic heterocycles. The molecule has 1 aliphatic rings. The molecule has 0 aliphatic carbocycles. The number of anilines is 1. The van der Waals surface area contributed by atoms with Gasteiger partial charge in [0.15, 0.2) is 11.6 Å². The second kappa shape index (κ2) is 6.56. The number of fused-ring (bicyclic) bond motifs is 1.